The molecule has 0 amide bonds. The van der Waals surface area contributed by atoms with Crippen molar-refractivity contribution in [2.75, 3.05) is 12.5 Å². The zero-order valence-electron chi connectivity index (χ0n) is 9.47. The number of halogens is 4. The minimum absolute atomic E-state index is 0.286. The first-order valence-electron chi connectivity index (χ1n) is 5.36. The smallest absolute Gasteiger partial charge is 0.349 e. The molecule has 2 nitrogen and oxygen atoms in total. The number of carbonyl (C=O) groups is 1. The van der Waals surface area contributed by atoms with Crippen molar-refractivity contribution in [2.24, 2.45) is 0 Å². The van der Waals surface area contributed by atoms with Crippen LogP contribution in [0.4, 0.5) is 0 Å². The summed E-state index contributed by atoms with van der Waals surface area (Å²) in [6.07, 6.45) is 1.55. The average molecular weight is 378 g/mol. The van der Waals surface area contributed by atoms with E-state index in [1.807, 2.05) is 0 Å². The number of fused-ring (bicyclic) bond motifs is 1. The second kappa shape index (κ2) is 6.83. The molecule has 0 bridgehead atoms. The van der Waals surface area contributed by atoms with Gasteiger partial charge in [-0.2, -0.15) is 0 Å². The molecule has 0 aromatic carbocycles. The van der Waals surface area contributed by atoms with Gasteiger partial charge in [0, 0.05) is 11.4 Å². The Morgan fingerprint density at radius 2 is 1.79 bits per heavy atom. The van der Waals surface area contributed by atoms with Crippen molar-refractivity contribution in [3.8, 4) is 10.4 Å². The van der Waals surface area contributed by atoms with Gasteiger partial charge in [0.15, 0.2) is 0 Å². The molecule has 0 saturated carbocycles. The zero-order chi connectivity index (χ0) is 14.0. The highest BCUT2D eigenvalue weighted by Gasteiger charge is 2.29. The van der Waals surface area contributed by atoms with Crippen molar-refractivity contribution in [3.63, 3.8) is 0 Å². The molecule has 1 heterocycles. The third kappa shape index (κ3) is 3.14. The van der Waals surface area contributed by atoms with Gasteiger partial charge in [-0.1, -0.05) is 55.5 Å². The van der Waals surface area contributed by atoms with E-state index in [0.29, 0.717) is 33.0 Å². The van der Waals surface area contributed by atoms with Gasteiger partial charge in [0.2, 0.25) is 0 Å². The number of ether oxygens (including phenoxy) is 1. The van der Waals surface area contributed by atoms with Crippen LogP contribution in [-0.4, -0.2) is 18.5 Å². The molecule has 1 aliphatic heterocycles. The highest BCUT2D eigenvalue weighted by Crippen LogP contribution is 2.53. The first-order chi connectivity index (χ1) is 9.07. The predicted octanol–water partition coefficient (Wildman–Crippen LogP) is 6.05. The van der Waals surface area contributed by atoms with Crippen LogP contribution in [0.1, 0.15) is 22.5 Å². The SMILES string of the molecule is O=C(OCCCCCl)c1ssc2c(Cl)c(Cl)c(Cl)c1-2. The van der Waals surface area contributed by atoms with E-state index in [0.717, 1.165) is 17.7 Å². The van der Waals surface area contributed by atoms with Gasteiger partial charge < -0.3 is 4.74 Å². The van der Waals surface area contributed by atoms with Crippen LogP contribution in [0.25, 0.3) is 10.4 Å². The van der Waals surface area contributed by atoms with Crippen molar-refractivity contribution in [3.05, 3.63) is 19.9 Å². The largest absolute Gasteiger partial charge is 0.461 e. The fourth-order valence-electron chi connectivity index (χ4n) is 1.48. The van der Waals surface area contributed by atoms with E-state index < -0.39 is 5.97 Å². The van der Waals surface area contributed by atoms with Crippen molar-refractivity contribution < 1.29 is 9.53 Å². The Balaban J connectivity index is 2.16. The van der Waals surface area contributed by atoms with Gasteiger partial charge >= 0.3 is 5.97 Å². The molecule has 1 aliphatic carbocycles. The summed E-state index contributed by atoms with van der Waals surface area (Å²) in [5, 5.41) is 0.990. The van der Waals surface area contributed by atoms with Gasteiger partial charge in [0.05, 0.1) is 26.6 Å². The molecule has 8 heteroatoms. The van der Waals surface area contributed by atoms with Crippen LogP contribution in [0.15, 0.2) is 0 Å². The summed E-state index contributed by atoms with van der Waals surface area (Å²) in [6.45, 7) is 0.343. The van der Waals surface area contributed by atoms with Crippen molar-refractivity contribution in [2.45, 2.75) is 12.8 Å². The van der Waals surface area contributed by atoms with Gasteiger partial charge in [-0.05, 0) is 12.8 Å². The van der Waals surface area contributed by atoms with Crippen LogP contribution in [0.2, 0.25) is 15.1 Å². The number of alkyl halides is 1. The van der Waals surface area contributed by atoms with E-state index in [4.69, 9.17) is 51.1 Å². The summed E-state index contributed by atoms with van der Waals surface area (Å²) in [6, 6.07) is 0. The van der Waals surface area contributed by atoms with Crippen molar-refractivity contribution in [1.29, 1.82) is 0 Å². The third-order valence-corrected chi connectivity index (χ3v) is 6.57. The van der Waals surface area contributed by atoms with Gasteiger partial charge in [0.25, 0.3) is 0 Å². The fourth-order valence-corrected chi connectivity index (χ4v) is 5.37. The predicted molar refractivity (Wildman–Crippen MR) is 84.1 cm³/mol. The van der Waals surface area contributed by atoms with Crippen LogP contribution in [-0.2, 0) is 4.74 Å². The number of carbonyl (C=O) groups excluding carboxylic acids is 1. The molecule has 0 radical (unpaired) electrons. The van der Waals surface area contributed by atoms with E-state index in [-0.39, 0.29) is 5.02 Å². The molecule has 0 unspecified atom stereocenters. The van der Waals surface area contributed by atoms with Gasteiger partial charge in [-0.3, -0.25) is 0 Å². The summed E-state index contributed by atoms with van der Waals surface area (Å²) in [4.78, 5) is 13.2. The van der Waals surface area contributed by atoms with Gasteiger partial charge in [-0.25, -0.2) is 4.79 Å². The van der Waals surface area contributed by atoms with E-state index >= 15 is 0 Å². The number of hydrogen-bond acceptors (Lipinski definition) is 4. The maximum atomic E-state index is 12.0. The highest BCUT2D eigenvalue weighted by molar-refractivity contribution is 7.71. The van der Waals surface area contributed by atoms with E-state index in [2.05, 4.69) is 0 Å². The molecular weight excluding hydrogens is 370 g/mol. The minimum Gasteiger partial charge on any atom is -0.461 e. The second-order valence-electron chi connectivity index (χ2n) is 3.67. The zero-order valence-corrected chi connectivity index (χ0v) is 14.1. The molecule has 2 rings (SSSR count). The van der Waals surface area contributed by atoms with Crippen LogP contribution in [0.3, 0.4) is 0 Å². The Morgan fingerprint density at radius 3 is 2.47 bits per heavy atom. The van der Waals surface area contributed by atoms with Gasteiger partial charge in [-0.15, -0.1) is 11.6 Å². The first kappa shape index (κ1) is 15.7. The molecule has 0 saturated heterocycles. The molecule has 0 spiro atoms. The molecule has 19 heavy (non-hydrogen) atoms. The normalized spacial score (nSPS) is 11.2. The van der Waals surface area contributed by atoms with E-state index in [9.17, 15) is 4.79 Å². The maximum Gasteiger partial charge on any atom is 0.349 e. The minimum atomic E-state index is -0.397. The van der Waals surface area contributed by atoms with Crippen LogP contribution in [0, 0.1) is 0 Å². The quantitative estimate of drug-likeness (QED) is 0.274. The molecule has 0 aromatic rings. The average Bonchev–Trinajstić information content (AvgIpc) is 2.92. The molecule has 0 aromatic heterocycles. The fraction of sp³-hybridized carbons (Fsp3) is 0.364. The summed E-state index contributed by atoms with van der Waals surface area (Å²) in [5.41, 5.74) is 0.592. The Morgan fingerprint density at radius 1 is 1.05 bits per heavy atom. The van der Waals surface area contributed by atoms with Crippen LogP contribution >= 0.6 is 67.1 Å². The second-order valence-corrected chi connectivity index (χ2v) is 7.34. The molecule has 0 N–H and O–H groups in total. The van der Waals surface area contributed by atoms with Crippen molar-refractivity contribution >= 4 is 73.1 Å². The Hall–Kier alpha value is 0.290. The maximum absolute atomic E-state index is 12.0. The van der Waals surface area contributed by atoms with Crippen LogP contribution in [0.5, 0.6) is 0 Å². The highest BCUT2D eigenvalue weighted by atomic mass is 35.5. The van der Waals surface area contributed by atoms with Gasteiger partial charge in [0.1, 0.15) is 4.88 Å². The number of rotatable bonds is 5. The number of hydrogen-bond donors (Lipinski definition) is 0. The van der Waals surface area contributed by atoms with Crippen molar-refractivity contribution in [1.82, 2.24) is 0 Å². The number of esters is 1. The lowest BCUT2D eigenvalue weighted by atomic mass is 10.2. The summed E-state index contributed by atoms with van der Waals surface area (Å²) in [5.74, 6) is 0.161. The standard InChI is InChI=1S/C11H8Cl4O2S2/c12-3-1-2-4-17-11(16)10-5-6(13)7(14)8(15)9(5)18-19-10/h1-4H2. The first-order valence-corrected chi connectivity index (χ1v) is 9.17. The summed E-state index contributed by atoms with van der Waals surface area (Å²) >= 11 is 23.7. The third-order valence-electron chi connectivity index (χ3n) is 2.41. The van der Waals surface area contributed by atoms with Crippen LogP contribution < -0.4 is 0 Å². The topological polar surface area (TPSA) is 26.3 Å². The molecule has 2 aliphatic rings. The van der Waals surface area contributed by atoms with E-state index in [1.165, 1.54) is 20.7 Å². The summed E-state index contributed by atoms with van der Waals surface area (Å²) in [7, 11) is 2.66. The lowest BCUT2D eigenvalue weighted by Crippen LogP contribution is -2.05. The molecule has 0 fully saturated rings. The number of unbranched alkanes of at least 4 members (excludes halogenated alkanes) is 1. The van der Waals surface area contributed by atoms with E-state index in [1.54, 1.807) is 0 Å². The lowest BCUT2D eigenvalue weighted by Gasteiger charge is -2.03. The molecule has 0 atom stereocenters. The monoisotopic (exact) mass is 376 g/mol. The lowest BCUT2D eigenvalue weighted by molar-refractivity contribution is 0.0506. The Labute approximate surface area is 137 Å². The summed E-state index contributed by atoms with van der Waals surface area (Å²) < 4.78 is 5.18. The molecule has 104 valence electrons. The Bertz CT molecular complexity index is 564. The Kier molecular flexibility index (Phi) is 5.64. The molecular formula is C11H8Cl4O2S2.